The van der Waals surface area contributed by atoms with Crippen molar-refractivity contribution in [3.05, 3.63) is 33.9 Å². The average molecular weight is 294 g/mol. The van der Waals surface area contributed by atoms with Gasteiger partial charge in [0.2, 0.25) is 0 Å². The smallest absolute Gasteiger partial charge is 0.270 e. The van der Waals surface area contributed by atoms with Gasteiger partial charge in [-0.25, -0.2) is 0 Å². The van der Waals surface area contributed by atoms with Crippen LogP contribution in [0.25, 0.3) is 0 Å². The summed E-state index contributed by atoms with van der Waals surface area (Å²) in [5.41, 5.74) is -0.639. The van der Waals surface area contributed by atoms with Gasteiger partial charge in [-0.3, -0.25) is 14.9 Å². The number of hydrogen-bond donors (Lipinski definition) is 2. The van der Waals surface area contributed by atoms with E-state index in [9.17, 15) is 20.0 Å². The topological polar surface area (TPSA) is 102 Å². The van der Waals surface area contributed by atoms with Crippen LogP contribution in [-0.4, -0.2) is 34.2 Å². The molecule has 2 N–H and O–H groups in total. The van der Waals surface area contributed by atoms with Gasteiger partial charge in [-0.2, -0.15) is 0 Å². The van der Waals surface area contributed by atoms with Gasteiger partial charge in [-0.05, 0) is 32.8 Å². The molecule has 0 aliphatic carbocycles. The number of nitrogens with one attached hydrogen (secondary N) is 1. The Morgan fingerprint density at radius 3 is 2.86 bits per heavy atom. The van der Waals surface area contributed by atoms with Gasteiger partial charge in [-0.1, -0.05) is 0 Å². The van der Waals surface area contributed by atoms with Gasteiger partial charge in [0, 0.05) is 24.8 Å². The lowest BCUT2D eigenvalue weighted by atomic mass is 9.93. The number of nitro benzene ring substituents is 1. The summed E-state index contributed by atoms with van der Waals surface area (Å²) in [5.74, 6) is -0.789. The van der Waals surface area contributed by atoms with E-state index in [0.717, 1.165) is 18.2 Å². The molecule has 1 saturated heterocycles. The van der Waals surface area contributed by atoms with Crippen molar-refractivity contribution >= 4 is 11.6 Å². The third kappa shape index (κ3) is 3.69. The molecule has 1 aliphatic heterocycles. The Kier molecular flexibility index (Phi) is 4.13. The number of aromatic hydroxyl groups is 1. The van der Waals surface area contributed by atoms with Crippen LogP contribution >= 0.6 is 0 Å². The van der Waals surface area contributed by atoms with Gasteiger partial charge in [-0.15, -0.1) is 0 Å². The molecular formula is C14H18N2O5. The van der Waals surface area contributed by atoms with Crippen molar-refractivity contribution in [1.29, 1.82) is 0 Å². The van der Waals surface area contributed by atoms with Crippen LogP contribution in [-0.2, 0) is 4.74 Å². The highest BCUT2D eigenvalue weighted by Crippen LogP contribution is 2.26. The van der Waals surface area contributed by atoms with E-state index in [1.54, 1.807) is 0 Å². The molecule has 2 rings (SSSR count). The minimum absolute atomic E-state index is 0.0834. The third-order valence-corrected chi connectivity index (χ3v) is 3.47. The van der Waals surface area contributed by atoms with Crippen LogP contribution in [0.1, 0.15) is 37.0 Å². The molecule has 1 atom stereocenters. The first-order valence-corrected chi connectivity index (χ1v) is 6.71. The first-order chi connectivity index (χ1) is 9.78. The largest absolute Gasteiger partial charge is 0.507 e. The number of hydrogen-bond acceptors (Lipinski definition) is 5. The lowest BCUT2D eigenvalue weighted by molar-refractivity contribution is -0.384. The highest BCUT2D eigenvalue weighted by atomic mass is 16.6. The van der Waals surface area contributed by atoms with Crippen molar-refractivity contribution in [2.75, 3.05) is 6.61 Å². The second kappa shape index (κ2) is 5.69. The zero-order valence-electron chi connectivity index (χ0n) is 12.0. The summed E-state index contributed by atoms with van der Waals surface area (Å²) in [4.78, 5) is 22.3. The second-order valence-electron chi connectivity index (χ2n) is 5.73. The Morgan fingerprint density at radius 2 is 2.24 bits per heavy atom. The van der Waals surface area contributed by atoms with Crippen molar-refractivity contribution in [3.8, 4) is 5.75 Å². The van der Waals surface area contributed by atoms with Gasteiger partial charge >= 0.3 is 0 Å². The molecule has 114 valence electrons. The van der Waals surface area contributed by atoms with Crippen molar-refractivity contribution in [1.82, 2.24) is 5.32 Å². The maximum absolute atomic E-state index is 12.2. The SMILES string of the molecule is CC1(C)C[C@H](NC(=O)c2cc([N+](=O)[O-])ccc2O)CCO1. The molecule has 21 heavy (non-hydrogen) atoms. The standard InChI is InChI=1S/C14H18N2O5/c1-14(2)8-9(5-6-21-14)15-13(18)11-7-10(16(19)20)3-4-12(11)17/h3-4,7,9,17H,5-6,8H2,1-2H3,(H,15,18)/t9-/m1/s1. The fourth-order valence-electron chi connectivity index (χ4n) is 2.44. The van der Waals surface area contributed by atoms with Crippen LogP contribution < -0.4 is 5.32 Å². The number of benzene rings is 1. The molecule has 7 heteroatoms. The van der Waals surface area contributed by atoms with Gasteiger partial charge in [0.15, 0.2) is 0 Å². The Labute approximate surface area is 122 Å². The van der Waals surface area contributed by atoms with Gasteiger partial charge in [0.1, 0.15) is 5.75 Å². The number of amides is 1. The van der Waals surface area contributed by atoms with E-state index in [2.05, 4.69) is 5.32 Å². The minimum atomic E-state index is -0.603. The summed E-state index contributed by atoms with van der Waals surface area (Å²) in [6, 6.07) is 3.31. The highest BCUT2D eigenvalue weighted by molar-refractivity contribution is 5.97. The van der Waals surface area contributed by atoms with E-state index in [0.29, 0.717) is 19.4 Å². The maximum atomic E-state index is 12.2. The van der Waals surface area contributed by atoms with E-state index >= 15 is 0 Å². The lowest BCUT2D eigenvalue weighted by Gasteiger charge is -2.35. The van der Waals surface area contributed by atoms with E-state index < -0.39 is 10.8 Å². The molecule has 1 aromatic rings. The molecule has 0 saturated carbocycles. The number of non-ortho nitro benzene ring substituents is 1. The molecule has 1 fully saturated rings. The van der Waals surface area contributed by atoms with Gasteiger partial charge in [0.25, 0.3) is 11.6 Å². The average Bonchev–Trinajstić information content (AvgIpc) is 2.37. The van der Waals surface area contributed by atoms with Crippen LogP contribution in [0.3, 0.4) is 0 Å². The summed E-state index contributed by atoms with van der Waals surface area (Å²) >= 11 is 0. The molecule has 0 bridgehead atoms. The van der Waals surface area contributed by atoms with Gasteiger partial charge in [0.05, 0.1) is 16.1 Å². The number of ether oxygens (including phenoxy) is 1. The number of phenols is 1. The predicted octanol–water partition coefficient (Wildman–Crippen LogP) is 1.99. The summed E-state index contributed by atoms with van der Waals surface area (Å²) < 4.78 is 5.57. The van der Waals surface area contributed by atoms with Crippen molar-refractivity contribution < 1.29 is 19.6 Å². The highest BCUT2D eigenvalue weighted by Gasteiger charge is 2.30. The Bertz CT molecular complexity index is 570. The monoisotopic (exact) mass is 294 g/mol. The number of phenolic OH excluding ortho intramolecular Hbond substituents is 1. The van der Waals surface area contributed by atoms with Crippen LogP contribution in [0.4, 0.5) is 5.69 Å². The molecule has 0 spiro atoms. The summed E-state index contributed by atoms with van der Waals surface area (Å²) in [5, 5.41) is 23.2. The summed E-state index contributed by atoms with van der Waals surface area (Å²) in [7, 11) is 0. The molecule has 1 heterocycles. The second-order valence-corrected chi connectivity index (χ2v) is 5.73. The van der Waals surface area contributed by atoms with E-state index in [1.165, 1.54) is 0 Å². The normalized spacial score (nSPS) is 20.8. The van der Waals surface area contributed by atoms with Crippen molar-refractivity contribution in [2.24, 2.45) is 0 Å². The zero-order valence-corrected chi connectivity index (χ0v) is 12.0. The molecule has 0 unspecified atom stereocenters. The Balaban J connectivity index is 2.13. The summed E-state index contributed by atoms with van der Waals surface area (Å²) in [6.45, 7) is 4.42. The minimum Gasteiger partial charge on any atom is -0.507 e. The Morgan fingerprint density at radius 1 is 1.52 bits per heavy atom. The predicted molar refractivity (Wildman–Crippen MR) is 75.3 cm³/mol. The molecular weight excluding hydrogens is 276 g/mol. The number of carbonyl (C=O) groups excluding carboxylic acids is 1. The molecule has 1 aromatic carbocycles. The van der Waals surface area contributed by atoms with E-state index in [4.69, 9.17) is 4.74 Å². The third-order valence-electron chi connectivity index (χ3n) is 3.47. The van der Waals surface area contributed by atoms with E-state index in [-0.39, 0.29) is 28.6 Å². The first-order valence-electron chi connectivity index (χ1n) is 6.71. The first kappa shape index (κ1) is 15.2. The fraction of sp³-hybridized carbons (Fsp3) is 0.500. The number of nitrogens with zero attached hydrogens (tertiary/aromatic N) is 1. The number of rotatable bonds is 3. The van der Waals surface area contributed by atoms with Crippen molar-refractivity contribution in [2.45, 2.75) is 38.3 Å². The molecule has 0 aromatic heterocycles. The van der Waals surface area contributed by atoms with Gasteiger partial charge < -0.3 is 15.2 Å². The lowest BCUT2D eigenvalue weighted by Crippen LogP contribution is -2.45. The van der Waals surface area contributed by atoms with Crippen LogP contribution in [0, 0.1) is 10.1 Å². The maximum Gasteiger partial charge on any atom is 0.270 e. The zero-order chi connectivity index (χ0) is 15.6. The molecule has 7 nitrogen and oxygen atoms in total. The van der Waals surface area contributed by atoms with Crippen LogP contribution in [0.15, 0.2) is 18.2 Å². The summed E-state index contributed by atoms with van der Waals surface area (Å²) in [6.07, 6.45) is 1.32. The van der Waals surface area contributed by atoms with Crippen LogP contribution in [0.5, 0.6) is 5.75 Å². The van der Waals surface area contributed by atoms with E-state index in [1.807, 2.05) is 13.8 Å². The van der Waals surface area contributed by atoms with Crippen LogP contribution in [0.2, 0.25) is 0 Å². The molecule has 1 amide bonds. The molecule has 1 aliphatic rings. The van der Waals surface area contributed by atoms with Crippen molar-refractivity contribution in [3.63, 3.8) is 0 Å². The number of nitro groups is 1. The number of carbonyl (C=O) groups is 1. The Hall–Kier alpha value is -2.15. The quantitative estimate of drug-likeness (QED) is 0.655. The fourth-order valence-corrected chi connectivity index (χ4v) is 2.44. The molecule has 0 radical (unpaired) electrons.